The number of carbonyl (C=O) groups excluding carboxylic acids is 2. The van der Waals surface area contributed by atoms with E-state index < -0.39 is 22.7 Å². The van der Waals surface area contributed by atoms with Gasteiger partial charge in [0.25, 0.3) is 0 Å². The molecule has 2 atom stereocenters. The molecule has 3 heterocycles. The van der Waals surface area contributed by atoms with Crippen molar-refractivity contribution < 1.29 is 19.1 Å². The summed E-state index contributed by atoms with van der Waals surface area (Å²) in [5, 5.41) is 16.2. The van der Waals surface area contributed by atoms with Crippen molar-refractivity contribution in [1.29, 1.82) is 5.26 Å². The molecule has 1 amide bonds. The van der Waals surface area contributed by atoms with Crippen molar-refractivity contribution >= 4 is 29.7 Å². The topological polar surface area (TPSA) is 113 Å². The molecule has 8 nitrogen and oxygen atoms in total. The number of ether oxygens (including phenoxy) is 2. The molecule has 0 spiro atoms. The lowest BCUT2D eigenvalue weighted by molar-refractivity contribution is -0.149. The molecule has 1 aromatic heterocycles. The highest BCUT2D eigenvalue weighted by Crippen LogP contribution is 2.51. The molecule has 2 unspecified atom stereocenters. The number of thioether (sulfide) groups is 1. The summed E-state index contributed by atoms with van der Waals surface area (Å²) in [6.45, 7) is 3.74. The predicted octanol–water partition coefficient (Wildman–Crippen LogP) is 3.23. The van der Waals surface area contributed by atoms with E-state index in [-0.39, 0.29) is 6.61 Å². The van der Waals surface area contributed by atoms with E-state index in [0.29, 0.717) is 38.3 Å². The first kappa shape index (κ1) is 25.5. The second-order valence-electron chi connectivity index (χ2n) is 8.28. The van der Waals surface area contributed by atoms with Gasteiger partial charge >= 0.3 is 5.97 Å². The number of amides is 1. The van der Waals surface area contributed by atoms with Crippen molar-refractivity contribution in [1.82, 2.24) is 15.6 Å². The number of carbonyl (C=O) groups is 2. The summed E-state index contributed by atoms with van der Waals surface area (Å²) in [6, 6.07) is 15.2. The second kappa shape index (κ2) is 11.9. The zero-order valence-corrected chi connectivity index (χ0v) is 20.8. The minimum absolute atomic E-state index is 0.0899. The van der Waals surface area contributed by atoms with Crippen molar-refractivity contribution in [2.75, 3.05) is 26.3 Å². The van der Waals surface area contributed by atoms with E-state index in [1.54, 1.807) is 12.3 Å². The van der Waals surface area contributed by atoms with E-state index in [4.69, 9.17) is 9.47 Å². The molecule has 0 radical (unpaired) electrons. The summed E-state index contributed by atoms with van der Waals surface area (Å²) in [5.41, 5.74) is 2.41. The fourth-order valence-corrected chi connectivity index (χ4v) is 5.78. The summed E-state index contributed by atoms with van der Waals surface area (Å²) < 4.78 is 11.2. The number of nitriles is 1. The Kier molecular flexibility index (Phi) is 8.41. The zero-order valence-electron chi connectivity index (χ0n) is 20.0. The predicted molar refractivity (Wildman–Crippen MR) is 138 cm³/mol. The van der Waals surface area contributed by atoms with Crippen molar-refractivity contribution in [3.8, 4) is 11.8 Å². The minimum atomic E-state index is -1.56. The quantitative estimate of drug-likeness (QED) is 0.395. The van der Waals surface area contributed by atoms with Gasteiger partial charge in [-0.1, -0.05) is 36.0 Å². The lowest BCUT2D eigenvalue weighted by Crippen LogP contribution is -2.56. The summed E-state index contributed by atoms with van der Waals surface area (Å²) in [6.07, 6.45) is 5.73. The lowest BCUT2D eigenvalue weighted by Gasteiger charge is -2.30. The van der Waals surface area contributed by atoms with Crippen LogP contribution in [0.4, 0.5) is 0 Å². The maximum Gasteiger partial charge on any atom is 0.344 e. The molecule has 4 rings (SSSR count). The van der Waals surface area contributed by atoms with E-state index in [0.717, 1.165) is 21.7 Å². The van der Waals surface area contributed by atoms with Gasteiger partial charge in [0.05, 0.1) is 19.3 Å². The van der Waals surface area contributed by atoms with Crippen LogP contribution in [0.25, 0.3) is 6.08 Å². The first-order chi connectivity index (χ1) is 17.6. The van der Waals surface area contributed by atoms with Gasteiger partial charge in [0.1, 0.15) is 11.7 Å². The van der Waals surface area contributed by atoms with Crippen molar-refractivity contribution in [2.45, 2.75) is 24.6 Å². The number of aromatic nitrogens is 1. The number of benzene rings is 1. The maximum atomic E-state index is 13.5. The third-order valence-corrected chi connectivity index (χ3v) is 7.43. The third kappa shape index (κ3) is 5.61. The SMILES string of the molecule is CCOc1ccccc1C=CC(=O)NC1(C(=O)OCCc2ccccn2)SC2=C(CCNC2)C1C#N. The Balaban J connectivity index is 1.54. The molecule has 2 aromatic rings. The van der Waals surface area contributed by atoms with Gasteiger partial charge in [-0.3, -0.25) is 9.78 Å². The molecule has 0 fully saturated rings. The van der Waals surface area contributed by atoms with Crippen LogP contribution < -0.4 is 15.4 Å². The van der Waals surface area contributed by atoms with Gasteiger partial charge < -0.3 is 20.1 Å². The maximum absolute atomic E-state index is 13.5. The van der Waals surface area contributed by atoms with E-state index in [2.05, 4.69) is 21.7 Å². The fraction of sp³-hybridized carbons (Fsp3) is 0.333. The largest absolute Gasteiger partial charge is 0.493 e. The number of rotatable bonds is 9. The van der Waals surface area contributed by atoms with Crippen LogP contribution in [0.2, 0.25) is 0 Å². The first-order valence-corrected chi connectivity index (χ1v) is 12.7. The van der Waals surface area contributed by atoms with Gasteiger partial charge in [-0.15, -0.1) is 0 Å². The smallest absolute Gasteiger partial charge is 0.344 e. The number of nitrogens with zero attached hydrogens (tertiary/aromatic N) is 2. The van der Waals surface area contributed by atoms with Gasteiger partial charge in [0.2, 0.25) is 10.8 Å². The molecule has 2 aliphatic rings. The van der Waals surface area contributed by atoms with Crippen LogP contribution >= 0.6 is 11.8 Å². The summed E-state index contributed by atoms with van der Waals surface area (Å²) >= 11 is 1.20. The van der Waals surface area contributed by atoms with Crippen LogP contribution in [0.3, 0.4) is 0 Å². The molecule has 0 saturated heterocycles. The number of nitrogens with one attached hydrogen (secondary N) is 2. The Morgan fingerprint density at radius 3 is 2.92 bits per heavy atom. The molecule has 9 heteroatoms. The molecule has 2 N–H and O–H groups in total. The van der Waals surface area contributed by atoms with E-state index in [1.165, 1.54) is 17.8 Å². The minimum Gasteiger partial charge on any atom is -0.493 e. The van der Waals surface area contributed by atoms with Gasteiger partial charge in [-0.25, -0.2) is 4.79 Å². The van der Waals surface area contributed by atoms with Crippen molar-refractivity contribution in [3.63, 3.8) is 0 Å². The van der Waals surface area contributed by atoms with Crippen LogP contribution in [0.1, 0.15) is 24.6 Å². The normalized spacial score (nSPS) is 21.1. The number of para-hydroxylation sites is 1. The molecular formula is C27H28N4O4S. The first-order valence-electron chi connectivity index (χ1n) is 11.9. The molecule has 186 valence electrons. The zero-order chi connectivity index (χ0) is 25.4. The van der Waals surface area contributed by atoms with Gasteiger partial charge in [-0.05, 0) is 49.7 Å². The van der Waals surface area contributed by atoms with Gasteiger partial charge in [-0.2, -0.15) is 5.26 Å². The molecular weight excluding hydrogens is 476 g/mol. The number of esters is 1. The van der Waals surface area contributed by atoms with Crippen molar-refractivity contribution in [3.05, 3.63) is 76.5 Å². The standard InChI is InChI=1S/C27H28N4O4S/c1-2-34-23-9-4-3-7-19(23)10-11-25(32)31-27(22(17-28)21-12-15-29-18-24(21)36-27)26(33)35-16-13-20-8-5-6-14-30-20/h3-11,14,22,29H,2,12-13,15-16,18H2,1H3,(H,31,32). The summed E-state index contributed by atoms with van der Waals surface area (Å²) in [5.74, 6) is -1.31. The monoisotopic (exact) mass is 504 g/mol. The highest BCUT2D eigenvalue weighted by atomic mass is 32.2. The summed E-state index contributed by atoms with van der Waals surface area (Å²) in [7, 11) is 0. The number of hydrogen-bond donors (Lipinski definition) is 2. The molecule has 36 heavy (non-hydrogen) atoms. The Morgan fingerprint density at radius 1 is 1.31 bits per heavy atom. The summed E-state index contributed by atoms with van der Waals surface area (Å²) in [4.78, 5) is 30.2. The molecule has 2 aliphatic heterocycles. The fourth-order valence-electron chi connectivity index (χ4n) is 4.26. The highest BCUT2D eigenvalue weighted by molar-refractivity contribution is 8.05. The van der Waals surface area contributed by atoms with Crippen LogP contribution in [0.15, 0.2) is 65.2 Å². The Bertz CT molecular complexity index is 1210. The van der Waals surface area contributed by atoms with Crippen molar-refractivity contribution in [2.24, 2.45) is 5.92 Å². The third-order valence-electron chi connectivity index (χ3n) is 5.95. The van der Waals surface area contributed by atoms with E-state index >= 15 is 0 Å². The second-order valence-corrected chi connectivity index (χ2v) is 9.62. The van der Waals surface area contributed by atoms with Crippen LogP contribution in [-0.2, 0) is 20.7 Å². The van der Waals surface area contributed by atoms with E-state index in [9.17, 15) is 14.9 Å². The van der Waals surface area contributed by atoms with Crippen LogP contribution in [-0.4, -0.2) is 48.0 Å². The van der Waals surface area contributed by atoms with Gasteiger partial charge in [0, 0.05) is 41.4 Å². The molecule has 0 aliphatic carbocycles. The molecule has 0 bridgehead atoms. The van der Waals surface area contributed by atoms with Gasteiger partial charge in [0.15, 0.2) is 0 Å². The molecule has 0 saturated carbocycles. The Hall–Kier alpha value is -3.61. The van der Waals surface area contributed by atoms with Crippen LogP contribution in [0, 0.1) is 17.2 Å². The van der Waals surface area contributed by atoms with Crippen LogP contribution in [0.5, 0.6) is 5.75 Å². The average Bonchev–Trinajstić information content (AvgIpc) is 3.22. The molecule has 1 aromatic carbocycles. The Labute approximate surface area is 214 Å². The van der Waals surface area contributed by atoms with E-state index in [1.807, 2.05) is 49.4 Å². The number of hydrogen-bond acceptors (Lipinski definition) is 8. The Morgan fingerprint density at radius 2 is 2.14 bits per heavy atom. The number of pyridine rings is 1. The lowest BCUT2D eigenvalue weighted by atomic mass is 9.88. The average molecular weight is 505 g/mol. The highest BCUT2D eigenvalue weighted by Gasteiger charge is 2.56.